The minimum atomic E-state index is -0.145. The van der Waals surface area contributed by atoms with Gasteiger partial charge in [-0.05, 0) is 24.0 Å². The second-order valence-electron chi connectivity index (χ2n) is 6.24. The summed E-state index contributed by atoms with van der Waals surface area (Å²) in [5.41, 5.74) is 2.52. The molecule has 3 nitrogen and oxygen atoms in total. The molecule has 1 aliphatic heterocycles. The minimum absolute atomic E-state index is 0.145. The molecule has 1 atom stereocenters. The van der Waals surface area contributed by atoms with Crippen molar-refractivity contribution in [1.82, 2.24) is 4.72 Å². The van der Waals surface area contributed by atoms with E-state index in [0.29, 0.717) is 13.0 Å². The third-order valence-electron chi connectivity index (χ3n) is 4.50. The molecule has 2 aromatic carbocycles. The van der Waals surface area contributed by atoms with Gasteiger partial charge < -0.3 is 4.74 Å². The first-order chi connectivity index (χ1) is 11.8. The monoisotopic (exact) mass is 341 g/mol. The molecule has 24 heavy (non-hydrogen) atoms. The Hall–Kier alpha value is -1.78. The van der Waals surface area contributed by atoms with Gasteiger partial charge in [-0.15, -0.1) is 0 Å². The average Bonchev–Trinajstić information content (AvgIpc) is 3.11. The van der Waals surface area contributed by atoms with E-state index in [0.717, 1.165) is 30.7 Å². The van der Waals surface area contributed by atoms with Crippen LogP contribution in [0, 0.1) is 0 Å². The lowest BCUT2D eigenvalue weighted by molar-refractivity contribution is -0.143. The third kappa shape index (κ3) is 4.40. The first-order valence-electron chi connectivity index (χ1n) is 8.38. The highest BCUT2D eigenvalue weighted by Crippen LogP contribution is 2.36. The summed E-state index contributed by atoms with van der Waals surface area (Å²) < 4.78 is 8.82. The van der Waals surface area contributed by atoms with E-state index in [-0.39, 0.29) is 11.4 Å². The van der Waals surface area contributed by atoms with Crippen molar-refractivity contribution in [2.45, 2.75) is 24.7 Å². The minimum Gasteiger partial charge on any atom is -0.465 e. The fourth-order valence-corrected chi connectivity index (χ4v) is 4.29. The number of hydrogen-bond donors (Lipinski definition) is 1. The Labute approximate surface area is 147 Å². The predicted octanol–water partition coefficient (Wildman–Crippen LogP) is 3.74. The van der Waals surface area contributed by atoms with Crippen LogP contribution in [0.5, 0.6) is 0 Å². The van der Waals surface area contributed by atoms with Crippen molar-refractivity contribution in [3.05, 3.63) is 71.8 Å². The summed E-state index contributed by atoms with van der Waals surface area (Å²) in [6.07, 6.45) is 2.26. The molecular weight excluding hydrogens is 318 g/mol. The normalized spacial score (nSPS) is 20.0. The number of carbonyl (C=O) groups excluding carboxylic acids is 1. The molecule has 3 rings (SSSR count). The van der Waals surface area contributed by atoms with Gasteiger partial charge in [0.2, 0.25) is 0 Å². The van der Waals surface area contributed by atoms with Crippen molar-refractivity contribution in [3.8, 4) is 0 Å². The molecule has 0 aromatic heterocycles. The van der Waals surface area contributed by atoms with Crippen LogP contribution in [0.4, 0.5) is 0 Å². The standard InChI is InChI=1S/C20H23NO2S/c22-19(14-17-8-3-1-4-9-17)23-13-7-12-20(15-21-24-16-20)18-10-5-2-6-11-18/h1-6,8-11,21H,7,12-16H2. The van der Waals surface area contributed by atoms with Crippen molar-refractivity contribution in [3.63, 3.8) is 0 Å². The van der Waals surface area contributed by atoms with Crippen LogP contribution in [0.15, 0.2) is 60.7 Å². The lowest BCUT2D eigenvalue weighted by atomic mass is 9.78. The summed E-state index contributed by atoms with van der Waals surface area (Å²) in [5, 5.41) is 0. The van der Waals surface area contributed by atoms with Crippen LogP contribution in [0.2, 0.25) is 0 Å². The number of esters is 1. The lowest BCUT2D eigenvalue weighted by Gasteiger charge is -2.28. The van der Waals surface area contributed by atoms with Crippen LogP contribution in [0.1, 0.15) is 24.0 Å². The second-order valence-corrected chi connectivity index (χ2v) is 7.11. The van der Waals surface area contributed by atoms with E-state index in [9.17, 15) is 4.79 Å². The van der Waals surface area contributed by atoms with Crippen molar-refractivity contribution in [2.75, 3.05) is 18.9 Å². The molecule has 126 valence electrons. The van der Waals surface area contributed by atoms with Crippen molar-refractivity contribution < 1.29 is 9.53 Å². The molecule has 1 heterocycles. The Morgan fingerprint density at radius 3 is 2.46 bits per heavy atom. The van der Waals surface area contributed by atoms with Crippen molar-refractivity contribution in [2.24, 2.45) is 0 Å². The number of hydrogen-bond acceptors (Lipinski definition) is 4. The van der Waals surface area contributed by atoms with E-state index >= 15 is 0 Å². The van der Waals surface area contributed by atoms with Gasteiger partial charge >= 0.3 is 5.97 Å². The van der Waals surface area contributed by atoms with E-state index in [1.165, 1.54) is 5.56 Å². The molecule has 1 fully saturated rings. The second kappa shape index (κ2) is 8.36. The Morgan fingerprint density at radius 2 is 1.79 bits per heavy atom. The topological polar surface area (TPSA) is 38.3 Å². The number of nitrogens with one attached hydrogen (secondary N) is 1. The first-order valence-corrected chi connectivity index (χ1v) is 9.37. The highest BCUT2D eigenvalue weighted by molar-refractivity contribution is 7.97. The molecule has 1 unspecified atom stereocenters. The van der Waals surface area contributed by atoms with E-state index in [1.54, 1.807) is 11.9 Å². The fourth-order valence-electron chi connectivity index (χ4n) is 3.12. The van der Waals surface area contributed by atoms with Gasteiger partial charge in [-0.25, -0.2) is 0 Å². The molecule has 0 bridgehead atoms. The smallest absolute Gasteiger partial charge is 0.310 e. The van der Waals surface area contributed by atoms with Gasteiger partial charge in [0.15, 0.2) is 0 Å². The van der Waals surface area contributed by atoms with Crippen LogP contribution >= 0.6 is 11.9 Å². The van der Waals surface area contributed by atoms with Crippen LogP contribution in [-0.2, 0) is 21.4 Å². The number of benzene rings is 2. The maximum absolute atomic E-state index is 11.9. The molecule has 1 saturated heterocycles. The fraction of sp³-hybridized carbons (Fsp3) is 0.350. The SMILES string of the molecule is O=C(Cc1ccccc1)OCCCC1(c2ccccc2)CNSC1. The maximum atomic E-state index is 11.9. The quantitative estimate of drug-likeness (QED) is 0.473. The molecule has 2 aromatic rings. The Kier molecular flexibility index (Phi) is 5.94. The molecule has 0 spiro atoms. The highest BCUT2D eigenvalue weighted by atomic mass is 32.2. The molecule has 0 saturated carbocycles. The van der Waals surface area contributed by atoms with E-state index in [4.69, 9.17) is 4.74 Å². The summed E-state index contributed by atoms with van der Waals surface area (Å²) in [4.78, 5) is 11.9. The van der Waals surface area contributed by atoms with E-state index < -0.39 is 0 Å². The van der Waals surface area contributed by atoms with Crippen molar-refractivity contribution in [1.29, 1.82) is 0 Å². The van der Waals surface area contributed by atoms with Crippen LogP contribution < -0.4 is 4.72 Å². The summed E-state index contributed by atoms with van der Waals surface area (Å²) in [7, 11) is 0. The Balaban J connectivity index is 1.47. The van der Waals surface area contributed by atoms with Gasteiger partial charge in [-0.2, -0.15) is 0 Å². The maximum Gasteiger partial charge on any atom is 0.310 e. The largest absolute Gasteiger partial charge is 0.465 e. The van der Waals surface area contributed by atoms with Crippen LogP contribution in [0.3, 0.4) is 0 Å². The average molecular weight is 341 g/mol. The molecule has 0 amide bonds. The highest BCUT2D eigenvalue weighted by Gasteiger charge is 2.35. The zero-order valence-corrected chi connectivity index (χ0v) is 14.6. The first kappa shape index (κ1) is 17.1. The number of ether oxygens (including phenoxy) is 1. The number of carbonyl (C=O) groups is 1. The van der Waals surface area contributed by atoms with Crippen molar-refractivity contribution >= 4 is 17.9 Å². The molecule has 0 radical (unpaired) electrons. The zero-order valence-electron chi connectivity index (χ0n) is 13.7. The predicted molar refractivity (Wildman–Crippen MR) is 98.9 cm³/mol. The number of rotatable bonds is 7. The third-order valence-corrected chi connectivity index (χ3v) is 5.55. The molecule has 1 N–H and O–H groups in total. The van der Waals surface area contributed by atoms with Gasteiger partial charge in [-0.3, -0.25) is 9.52 Å². The van der Waals surface area contributed by atoms with Gasteiger partial charge in [-0.1, -0.05) is 72.6 Å². The van der Waals surface area contributed by atoms with Gasteiger partial charge in [0.05, 0.1) is 13.0 Å². The van der Waals surface area contributed by atoms with E-state index in [2.05, 4.69) is 35.1 Å². The van der Waals surface area contributed by atoms with Crippen LogP contribution in [0.25, 0.3) is 0 Å². The summed E-state index contributed by atoms with van der Waals surface area (Å²) in [5.74, 6) is 0.920. The summed E-state index contributed by atoms with van der Waals surface area (Å²) in [6.45, 7) is 1.46. The molecular formula is C20H23NO2S. The zero-order chi connectivity index (χ0) is 16.7. The van der Waals surface area contributed by atoms with E-state index in [1.807, 2.05) is 30.3 Å². The van der Waals surface area contributed by atoms with Gasteiger partial charge in [0.1, 0.15) is 0 Å². The summed E-state index contributed by atoms with van der Waals surface area (Å²) >= 11 is 1.78. The lowest BCUT2D eigenvalue weighted by Crippen LogP contribution is -2.32. The van der Waals surface area contributed by atoms with Crippen LogP contribution in [-0.4, -0.2) is 24.9 Å². The molecule has 4 heteroatoms. The molecule has 1 aliphatic rings. The molecule has 0 aliphatic carbocycles. The summed E-state index contributed by atoms with van der Waals surface area (Å²) in [6, 6.07) is 20.4. The Morgan fingerprint density at radius 1 is 1.08 bits per heavy atom. The Bertz CT molecular complexity index is 639. The van der Waals surface area contributed by atoms with Gasteiger partial charge in [0, 0.05) is 17.7 Å². The van der Waals surface area contributed by atoms with Gasteiger partial charge in [0.25, 0.3) is 0 Å².